The Bertz CT molecular complexity index is 835. The van der Waals surface area contributed by atoms with E-state index in [1.165, 1.54) is 11.1 Å². The van der Waals surface area contributed by atoms with Gasteiger partial charge in [0, 0.05) is 18.0 Å². The van der Waals surface area contributed by atoms with Gasteiger partial charge in [0.25, 0.3) is 0 Å². The van der Waals surface area contributed by atoms with Crippen LogP contribution in [0.3, 0.4) is 0 Å². The maximum atomic E-state index is 5.47. The molecule has 0 amide bonds. The number of aryl methyl sites for hydroxylation is 1. The molecule has 3 aromatic rings. The van der Waals surface area contributed by atoms with Gasteiger partial charge < -0.3 is 0 Å². The molecule has 4 nitrogen and oxygen atoms in total. The van der Waals surface area contributed by atoms with Gasteiger partial charge in [-0.2, -0.15) is 5.10 Å². The molecule has 0 spiro atoms. The smallest absolute Gasteiger partial charge is 0.196 e. The van der Waals surface area contributed by atoms with E-state index in [9.17, 15) is 0 Å². The molecular weight excluding hydrogens is 280 g/mol. The molecule has 5 heteroatoms. The average molecular weight is 294 g/mol. The molecule has 2 aromatic heterocycles. The number of aromatic nitrogens is 4. The van der Waals surface area contributed by atoms with E-state index in [0.717, 1.165) is 24.2 Å². The zero-order chi connectivity index (χ0) is 14.2. The van der Waals surface area contributed by atoms with Crippen LogP contribution < -0.4 is 0 Å². The zero-order valence-corrected chi connectivity index (χ0v) is 12.2. The highest BCUT2D eigenvalue weighted by atomic mass is 32.1. The summed E-state index contributed by atoms with van der Waals surface area (Å²) in [4.78, 5) is 4.07. The summed E-state index contributed by atoms with van der Waals surface area (Å²) < 4.78 is 2.81. The van der Waals surface area contributed by atoms with Gasteiger partial charge in [0.1, 0.15) is 0 Å². The molecule has 0 radical (unpaired) electrons. The second kappa shape index (κ2) is 4.93. The molecule has 104 valence electrons. The van der Waals surface area contributed by atoms with Crippen LogP contribution in [0.1, 0.15) is 23.6 Å². The van der Waals surface area contributed by atoms with Crippen LogP contribution in [0.2, 0.25) is 0 Å². The van der Waals surface area contributed by atoms with E-state index in [2.05, 4.69) is 44.0 Å². The van der Waals surface area contributed by atoms with Crippen molar-refractivity contribution < 1.29 is 0 Å². The highest BCUT2D eigenvalue weighted by Crippen LogP contribution is 2.36. The van der Waals surface area contributed by atoms with Crippen molar-refractivity contribution in [1.29, 1.82) is 0 Å². The first-order valence-electron chi connectivity index (χ1n) is 6.99. The Kier molecular flexibility index (Phi) is 2.93. The van der Waals surface area contributed by atoms with Crippen LogP contribution in [-0.2, 0) is 6.42 Å². The minimum Gasteiger partial charge on any atom is -0.293 e. The molecule has 0 unspecified atom stereocenters. The topological polar surface area (TPSA) is 46.5 Å². The second-order valence-electron chi connectivity index (χ2n) is 5.21. The van der Waals surface area contributed by atoms with Gasteiger partial charge in [0.2, 0.25) is 0 Å². The number of pyridine rings is 1. The van der Waals surface area contributed by atoms with E-state index >= 15 is 0 Å². The van der Waals surface area contributed by atoms with Crippen LogP contribution in [0.15, 0.2) is 48.8 Å². The lowest BCUT2D eigenvalue weighted by molar-refractivity contribution is 0.577. The van der Waals surface area contributed by atoms with E-state index in [4.69, 9.17) is 12.2 Å². The second-order valence-corrected chi connectivity index (χ2v) is 5.60. The van der Waals surface area contributed by atoms with Crippen molar-refractivity contribution in [2.75, 3.05) is 0 Å². The van der Waals surface area contributed by atoms with Crippen molar-refractivity contribution in [1.82, 2.24) is 19.7 Å². The van der Waals surface area contributed by atoms with Gasteiger partial charge in [-0.25, -0.2) is 0 Å². The molecule has 0 bridgehead atoms. The van der Waals surface area contributed by atoms with Crippen molar-refractivity contribution in [2.24, 2.45) is 0 Å². The van der Waals surface area contributed by atoms with Crippen molar-refractivity contribution in [3.05, 3.63) is 64.7 Å². The fourth-order valence-corrected chi connectivity index (χ4v) is 3.36. The normalized spacial score (nSPS) is 16.9. The molecule has 1 N–H and O–H groups in total. The molecule has 1 aliphatic rings. The summed E-state index contributed by atoms with van der Waals surface area (Å²) in [5, 5.41) is 7.36. The molecule has 0 saturated heterocycles. The number of hydrogen-bond donors (Lipinski definition) is 1. The molecule has 0 aliphatic heterocycles. The number of aromatic amines is 1. The summed E-state index contributed by atoms with van der Waals surface area (Å²) in [7, 11) is 0. The molecule has 4 rings (SSSR count). The fraction of sp³-hybridized carbons (Fsp3) is 0.188. The minimum absolute atomic E-state index is 0.260. The Balaban J connectivity index is 1.88. The summed E-state index contributed by atoms with van der Waals surface area (Å²) in [6.07, 6.45) is 5.70. The lowest BCUT2D eigenvalue weighted by atomic mass is 10.1. The summed E-state index contributed by atoms with van der Waals surface area (Å²) in [6, 6.07) is 12.8. The predicted molar refractivity (Wildman–Crippen MR) is 83.5 cm³/mol. The molecule has 0 saturated carbocycles. The van der Waals surface area contributed by atoms with Crippen LogP contribution >= 0.6 is 12.2 Å². The number of hydrogen-bond acceptors (Lipinski definition) is 3. The van der Waals surface area contributed by atoms with E-state index in [-0.39, 0.29) is 6.04 Å². The average Bonchev–Trinajstić information content (AvgIpc) is 3.11. The fourth-order valence-electron chi connectivity index (χ4n) is 3.10. The van der Waals surface area contributed by atoms with Crippen molar-refractivity contribution in [3.63, 3.8) is 0 Å². The number of nitrogens with one attached hydrogen (secondary N) is 1. The lowest BCUT2D eigenvalue weighted by Crippen LogP contribution is -2.09. The maximum absolute atomic E-state index is 5.47. The number of benzene rings is 1. The van der Waals surface area contributed by atoms with Gasteiger partial charge in [-0.1, -0.05) is 24.3 Å². The first-order chi connectivity index (χ1) is 10.3. The third kappa shape index (κ3) is 2.01. The van der Waals surface area contributed by atoms with Crippen LogP contribution in [0.4, 0.5) is 0 Å². The minimum atomic E-state index is 0.260. The number of fused-ring (bicyclic) bond motifs is 1. The first kappa shape index (κ1) is 12.5. The van der Waals surface area contributed by atoms with Crippen molar-refractivity contribution in [3.8, 4) is 11.4 Å². The predicted octanol–water partition coefficient (Wildman–Crippen LogP) is 3.54. The highest BCUT2D eigenvalue weighted by molar-refractivity contribution is 7.71. The number of rotatable bonds is 2. The van der Waals surface area contributed by atoms with E-state index in [1.54, 1.807) is 12.4 Å². The monoisotopic (exact) mass is 294 g/mol. The number of H-pyrrole nitrogens is 1. The molecule has 1 aliphatic carbocycles. The van der Waals surface area contributed by atoms with E-state index < -0.39 is 0 Å². The van der Waals surface area contributed by atoms with Crippen LogP contribution in [0.5, 0.6) is 0 Å². The Labute approximate surface area is 127 Å². The van der Waals surface area contributed by atoms with Crippen molar-refractivity contribution in [2.45, 2.75) is 18.9 Å². The Morgan fingerprint density at radius 1 is 1.14 bits per heavy atom. The Morgan fingerprint density at radius 2 is 1.95 bits per heavy atom. The van der Waals surface area contributed by atoms with Gasteiger partial charge >= 0.3 is 0 Å². The van der Waals surface area contributed by atoms with Crippen molar-refractivity contribution >= 4 is 12.2 Å². The third-order valence-electron chi connectivity index (χ3n) is 4.06. The lowest BCUT2D eigenvalue weighted by Gasteiger charge is -2.16. The van der Waals surface area contributed by atoms with Gasteiger partial charge in [-0.05, 0) is 48.3 Å². The van der Waals surface area contributed by atoms with E-state index in [1.807, 2.05) is 12.1 Å². The molecular formula is C16H14N4S. The van der Waals surface area contributed by atoms with Crippen LogP contribution in [0, 0.1) is 4.77 Å². The van der Waals surface area contributed by atoms with Crippen LogP contribution in [-0.4, -0.2) is 19.7 Å². The van der Waals surface area contributed by atoms with Crippen LogP contribution in [0.25, 0.3) is 11.4 Å². The Morgan fingerprint density at radius 3 is 2.81 bits per heavy atom. The van der Waals surface area contributed by atoms with Gasteiger partial charge in [-0.15, -0.1) is 0 Å². The molecule has 0 fully saturated rings. The molecule has 1 aromatic carbocycles. The van der Waals surface area contributed by atoms with Gasteiger partial charge in [0.05, 0.1) is 6.04 Å². The molecule has 21 heavy (non-hydrogen) atoms. The van der Waals surface area contributed by atoms with E-state index in [0.29, 0.717) is 4.77 Å². The largest absolute Gasteiger partial charge is 0.293 e. The quantitative estimate of drug-likeness (QED) is 0.735. The third-order valence-corrected chi connectivity index (χ3v) is 4.34. The molecule has 2 heterocycles. The molecule has 1 atom stereocenters. The maximum Gasteiger partial charge on any atom is 0.196 e. The van der Waals surface area contributed by atoms with Gasteiger partial charge in [-0.3, -0.25) is 14.6 Å². The summed E-state index contributed by atoms with van der Waals surface area (Å²) in [6.45, 7) is 0. The SMILES string of the molecule is S=c1[nH]nc(-c2ccncc2)n1[C@@H]1CCc2ccccc21. The summed E-state index contributed by atoms with van der Waals surface area (Å²) >= 11 is 5.47. The Hall–Kier alpha value is -2.27. The highest BCUT2D eigenvalue weighted by Gasteiger charge is 2.26. The van der Waals surface area contributed by atoms with Gasteiger partial charge in [0.15, 0.2) is 10.6 Å². The summed E-state index contributed by atoms with van der Waals surface area (Å²) in [5.74, 6) is 0.879. The first-order valence-corrected chi connectivity index (χ1v) is 7.40. The zero-order valence-electron chi connectivity index (χ0n) is 11.4. The standard InChI is InChI=1S/C16H14N4S/c21-16-19-18-15(12-7-9-17-10-8-12)20(16)14-6-5-11-3-1-2-4-13(11)14/h1-4,7-10,14H,5-6H2,(H,19,21)/t14-/m1/s1. The number of nitrogens with zero attached hydrogens (tertiary/aromatic N) is 3. The summed E-state index contributed by atoms with van der Waals surface area (Å²) in [5.41, 5.74) is 3.79.